The Kier molecular flexibility index (Phi) is 4.71. The monoisotopic (exact) mass is 295 g/mol. The van der Waals surface area contributed by atoms with Gasteiger partial charge in [0, 0.05) is 11.6 Å². The van der Waals surface area contributed by atoms with Crippen LogP contribution in [-0.2, 0) is 10.2 Å². The molecule has 2 rings (SSSR count). The zero-order valence-corrected chi connectivity index (χ0v) is 12.8. The fourth-order valence-electron chi connectivity index (χ4n) is 2.55. The van der Waals surface area contributed by atoms with Crippen LogP contribution < -0.4 is 5.32 Å². The fraction of sp³-hybridized carbons (Fsp3) is 0.562. The molecule has 110 valence electrons. The Morgan fingerprint density at radius 1 is 1.35 bits per heavy atom. The minimum Gasteiger partial charge on any atom is -0.391 e. The summed E-state index contributed by atoms with van der Waals surface area (Å²) in [7, 11) is 0. The van der Waals surface area contributed by atoms with E-state index in [0.29, 0.717) is 23.9 Å². The maximum absolute atomic E-state index is 12.3. The molecule has 0 saturated heterocycles. The first-order valence-corrected chi connectivity index (χ1v) is 7.54. The molecule has 1 saturated carbocycles. The Hall–Kier alpha value is -1.06. The van der Waals surface area contributed by atoms with E-state index >= 15 is 0 Å². The van der Waals surface area contributed by atoms with Crippen LogP contribution in [0.25, 0.3) is 0 Å². The van der Waals surface area contributed by atoms with E-state index in [1.54, 1.807) is 0 Å². The van der Waals surface area contributed by atoms with Crippen molar-refractivity contribution in [1.29, 1.82) is 0 Å². The number of halogens is 1. The summed E-state index contributed by atoms with van der Waals surface area (Å²) in [6.45, 7) is 4.44. The first-order chi connectivity index (χ1) is 9.44. The van der Waals surface area contributed by atoms with Crippen molar-refractivity contribution in [2.75, 3.05) is 6.54 Å². The van der Waals surface area contributed by atoms with Crippen molar-refractivity contribution in [2.45, 2.75) is 44.6 Å². The highest BCUT2D eigenvalue weighted by Crippen LogP contribution is 2.48. The molecule has 0 aromatic heterocycles. The minimum atomic E-state index is -0.472. The zero-order chi connectivity index (χ0) is 14.8. The van der Waals surface area contributed by atoms with E-state index in [1.807, 2.05) is 24.3 Å². The Labute approximate surface area is 125 Å². The van der Waals surface area contributed by atoms with Crippen LogP contribution in [-0.4, -0.2) is 23.7 Å². The molecule has 1 aliphatic carbocycles. The molecule has 0 spiro atoms. The molecule has 0 heterocycles. The molecule has 3 nitrogen and oxygen atoms in total. The molecular weight excluding hydrogens is 274 g/mol. The van der Waals surface area contributed by atoms with Crippen molar-refractivity contribution in [1.82, 2.24) is 5.32 Å². The topological polar surface area (TPSA) is 49.3 Å². The van der Waals surface area contributed by atoms with E-state index in [2.05, 4.69) is 19.2 Å². The van der Waals surface area contributed by atoms with Crippen LogP contribution in [0.5, 0.6) is 0 Å². The second kappa shape index (κ2) is 6.15. The molecule has 0 bridgehead atoms. The Bertz CT molecular complexity index is 466. The second-order valence-electron chi connectivity index (χ2n) is 6.08. The van der Waals surface area contributed by atoms with Gasteiger partial charge in [0.2, 0.25) is 5.91 Å². The summed E-state index contributed by atoms with van der Waals surface area (Å²) in [5.41, 5.74) is 0.611. The normalized spacial score (nSPS) is 17.9. The molecule has 1 atom stereocenters. The number of hydrogen-bond acceptors (Lipinski definition) is 2. The predicted octanol–water partition coefficient (Wildman–Crippen LogP) is 2.89. The van der Waals surface area contributed by atoms with Gasteiger partial charge in [-0.3, -0.25) is 4.79 Å². The van der Waals surface area contributed by atoms with Crippen LogP contribution >= 0.6 is 11.6 Å². The third kappa shape index (κ3) is 3.53. The van der Waals surface area contributed by atoms with Gasteiger partial charge < -0.3 is 10.4 Å². The van der Waals surface area contributed by atoms with E-state index in [-0.39, 0.29) is 5.91 Å². The van der Waals surface area contributed by atoms with Crippen molar-refractivity contribution in [3.05, 3.63) is 34.9 Å². The van der Waals surface area contributed by atoms with Gasteiger partial charge in [0.25, 0.3) is 0 Å². The third-order valence-electron chi connectivity index (χ3n) is 3.82. The highest BCUT2D eigenvalue weighted by Gasteiger charge is 2.51. The summed E-state index contributed by atoms with van der Waals surface area (Å²) in [6, 6.07) is 7.47. The van der Waals surface area contributed by atoms with Crippen molar-refractivity contribution in [3.8, 4) is 0 Å². The van der Waals surface area contributed by atoms with E-state index in [1.165, 1.54) is 0 Å². The summed E-state index contributed by atoms with van der Waals surface area (Å²) in [5.74, 6) is 0.440. The zero-order valence-electron chi connectivity index (χ0n) is 12.0. The molecule has 1 unspecified atom stereocenters. The number of carbonyl (C=O) groups excluding carboxylic acids is 1. The summed E-state index contributed by atoms with van der Waals surface area (Å²) in [5, 5.41) is 13.4. The molecule has 1 fully saturated rings. The smallest absolute Gasteiger partial charge is 0.230 e. The third-order valence-corrected chi connectivity index (χ3v) is 4.08. The van der Waals surface area contributed by atoms with Crippen LogP contribution in [0.15, 0.2) is 24.3 Å². The van der Waals surface area contributed by atoms with Crippen molar-refractivity contribution in [3.63, 3.8) is 0 Å². The second-order valence-corrected chi connectivity index (χ2v) is 6.52. The maximum Gasteiger partial charge on any atom is 0.230 e. The number of amides is 1. The van der Waals surface area contributed by atoms with E-state index in [0.717, 1.165) is 18.4 Å². The number of hydrogen-bond donors (Lipinski definition) is 2. The van der Waals surface area contributed by atoms with Crippen LogP contribution in [0.2, 0.25) is 5.02 Å². The first-order valence-electron chi connectivity index (χ1n) is 7.16. The van der Waals surface area contributed by atoms with Crippen molar-refractivity contribution < 1.29 is 9.90 Å². The number of benzene rings is 1. The van der Waals surface area contributed by atoms with Crippen LogP contribution in [0, 0.1) is 5.92 Å². The molecule has 1 amide bonds. The largest absolute Gasteiger partial charge is 0.391 e. The van der Waals surface area contributed by atoms with Gasteiger partial charge in [0.15, 0.2) is 0 Å². The van der Waals surface area contributed by atoms with Crippen molar-refractivity contribution >= 4 is 17.5 Å². The Balaban J connectivity index is 1.93. The van der Waals surface area contributed by atoms with E-state index in [4.69, 9.17) is 11.6 Å². The fourth-order valence-corrected chi connectivity index (χ4v) is 2.67. The lowest BCUT2D eigenvalue weighted by Gasteiger charge is -2.18. The molecule has 2 N–H and O–H groups in total. The number of nitrogens with one attached hydrogen (secondary N) is 1. The van der Waals surface area contributed by atoms with Crippen LogP contribution in [0.3, 0.4) is 0 Å². The van der Waals surface area contributed by atoms with Gasteiger partial charge in [-0.05, 0) is 42.9 Å². The van der Waals surface area contributed by atoms with Gasteiger partial charge in [-0.2, -0.15) is 0 Å². The van der Waals surface area contributed by atoms with Gasteiger partial charge in [0.05, 0.1) is 11.5 Å². The van der Waals surface area contributed by atoms with E-state index in [9.17, 15) is 9.90 Å². The Morgan fingerprint density at radius 3 is 2.45 bits per heavy atom. The highest BCUT2D eigenvalue weighted by atomic mass is 35.5. The van der Waals surface area contributed by atoms with Crippen LogP contribution in [0.4, 0.5) is 0 Å². The molecule has 1 aromatic rings. The predicted molar refractivity (Wildman–Crippen MR) is 80.8 cm³/mol. The average molecular weight is 296 g/mol. The molecule has 1 aliphatic rings. The van der Waals surface area contributed by atoms with Gasteiger partial charge in [-0.25, -0.2) is 0 Å². The van der Waals surface area contributed by atoms with E-state index < -0.39 is 11.5 Å². The number of rotatable bonds is 6. The van der Waals surface area contributed by atoms with Crippen LogP contribution in [0.1, 0.15) is 38.7 Å². The lowest BCUT2D eigenvalue weighted by Crippen LogP contribution is -2.39. The SMILES string of the molecule is CC(C)CC(O)CNC(=O)C1(c2ccc(Cl)cc2)CC1. The lowest BCUT2D eigenvalue weighted by molar-refractivity contribution is -0.124. The average Bonchev–Trinajstić information content (AvgIpc) is 3.17. The molecule has 4 heteroatoms. The Morgan fingerprint density at radius 2 is 1.95 bits per heavy atom. The lowest BCUT2D eigenvalue weighted by atomic mass is 9.95. The van der Waals surface area contributed by atoms with Gasteiger partial charge >= 0.3 is 0 Å². The quantitative estimate of drug-likeness (QED) is 0.848. The maximum atomic E-state index is 12.3. The standard InChI is InChI=1S/C16H22ClNO2/c1-11(2)9-14(19)10-18-15(20)16(7-8-16)12-3-5-13(17)6-4-12/h3-6,11,14,19H,7-10H2,1-2H3,(H,18,20). The van der Waals surface area contributed by atoms with Crippen molar-refractivity contribution in [2.24, 2.45) is 5.92 Å². The minimum absolute atomic E-state index is 0.0163. The van der Waals surface area contributed by atoms with Gasteiger partial charge in [0.1, 0.15) is 0 Å². The first kappa shape index (κ1) is 15.3. The van der Waals surface area contributed by atoms with Gasteiger partial charge in [-0.15, -0.1) is 0 Å². The number of aliphatic hydroxyl groups excluding tert-OH is 1. The summed E-state index contributed by atoms with van der Waals surface area (Å²) >= 11 is 5.88. The molecule has 20 heavy (non-hydrogen) atoms. The molecule has 0 aliphatic heterocycles. The summed E-state index contributed by atoms with van der Waals surface area (Å²) < 4.78 is 0. The molecule has 0 radical (unpaired) electrons. The summed E-state index contributed by atoms with van der Waals surface area (Å²) in [6.07, 6.45) is 1.95. The summed E-state index contributed by atoms with van der Waals surface area (Å²) in [4.78, 5) is 12.3. The number of aliphatic hydroxyl groups is 1. The molecular formula is C16H22ClNO2. The van der Waals surface area contributed by atoms with Gasteiger partial charge in [-0.1, -0.05) is 37.6 Å². The molecule has 1 aromatic carbocycles. The highest BCUT2D eigenvalue weighted by molar-refractivity contribution is 6.30. The number of carbonyl (C=O) groups is 1.